The van der Waals surface area contributed by atoms with Crippen molar-refractivity contribution in [2.24, 2.45) is 0 Å². The molecule has 0 saturated carbocycles. The van der Waals surface area contributed by atoms with E-state index in [4.69, 9.17) is 0 Å². The molecule has 0 aromatic carbocycles. The zero-order valence-electron chi connectivity index (χ0n) is 12.7. The molecule has 0 N–H and O–H groups in total. The maximum atomic E-state index is 3.11. The van der Waals surface area contributed by atoms with E-state index in [9.17, 15) is 0 Å². The summed E-state index contributed by atoms with van der Waals surface area (Å²) < 4.78 is 0. The molecule has 0 spiro atoms. The molecule has 0 bridgehead atoms. The van der Waals surface area contributed by atoms with Gasteiger partial charge in [-0.2, -0.15) is 23.3 Å². The Hall–Kier alpha value is -0.0969. The fraction of sp³-hybridized carbons (Fsp3) is 0.333. The van der Waals surface area contributed by atoms with Gasteiger partial charge in [0.25, 0.3) is 0 Å². The second-order valence-corrected chi connectivity index (χ2v) is 4.13. The van der Waals surface area contributed by atoms with Crippen molar-refractivity contribution in [2.45, 2.75) is 39.5 Å². The number of hydrogen-bond donors (Lipinski definition) is 0. The van der Waals surface area contributed by atoms with Gasteiger partial charge in [0.05, 0.1) is 0 Å². The summed E-state index contributed by atoms with van der Waals surface area (Å²) in [5.74, 6) is 0. The van der Waals surface area contributed by atoms with Gasteiger partial charge in [0, 0.05) is 0 Å². The van der Waals surface area contributed by atoms with Crippen LogP contribution in [0.25, 0.3) is 0 Å². The number of hydrogen-bond acceptors (Lipinski definition) is 0. The molecule has 0 unspecified atom stereocenters. The molecule has 112 valence electrons. The maximum absolute atomic E-state index is 3.11. The van der Waals surface area contributed by atoms with Crippen molar-refractivity contribution in [3.63, 3.8) is 0 Å². The minimum Gasteiger partial charge on any atom is -1.00 e. The summed E-state index contributed by atoms with van der Waals surface area (Å²) in [5.41, 5.74) is 2.61. The van der Waals surface area contributed by atoms with Crippen LogP contribution in [-0.2, 0) is 26.2 Å². The minimum atomic E-state index is 0. The van der Waals surface area contributed by atoms with E-state index in [2.05, 4.69) is 62.5 Å². The van der Waals surface area contributed by atoms with Gasteiger partial charge in [-0.3, -0.25) is 12.2 Å². The molecule has 0 nitrogen and oxygen atoms in total. The van der Waals surface area contributed by atoms with Gasteiger partial charge >= 0.3 is 26.2 Å². The van der Waals surface area contributed by atoms with Crippen LogP contribution in [0.3, 0.4) is 0 Å². The van der Waals surface area contributed by atoms with E-state index in [1.807, 2.05) is 12.2 Å². The molecule has 0 amide bonds. The van der Waals surface area contributed by atoms with Crippen LogP contribution in [0, 0.1) is 12.2 Å². The van der Waals surface area contributed by atoms with Crippen molar-refractivity contribution >= 4 is 0 Å². The largest absolute Gasteiger partial charge is 4.00 e. The zero-order valence-corrected chi connectivity index (χ0v) is 16.7. The molecule has 0 atom stereocenters. The number of rotatable bonds is 4. The van der Waals surface area contributed by atoms with Crippen molar-refractivity contribution in [2.75, 3.05) is 0 Å². The molecule has 3 heteroatoms. The van der Waals surface area contributed by atoms with E-state index in [0.29, 0.717) is 0 Å². The van der Waals surface area contributed by atoms with E-state index in [1.165, 1.54) is 11.1 Å². The van der Waals surface area contributed by atoms with Gasteiger partial charge in [-0.15, -0.1) is 37.1 Å². The first-order chi connectivity index (χ1) is 8.86. The number of halogens is 2. The normalized spacial score (nSPS) is 14.8. The average molecular weight is 401 g/mol. The van der Waals surface area contributed by atoms with Gasteiger partial charge in [0.1, 0.15) is 0 Å². The average Bonchev–Trinajstić information content (AvgIpc) is 3.07. The molecule has 21 heavy (non-hydrogen) atoms. The van der Waals surface area contributed by atoms with E-state index >= 15 is 0 Å². The zero-order chi connectivity index (χ0) is 13.1. The van der Waals surface area contributed by atoms with Gasteiger partial charge in [-0.1, -0.05) is 13.8 Å². The standard InChI is InChI=1S/2C9H11.2ClH.Zr/c2*1-2-3-6-9-7-4-5-8-9;;;/h2*3,6-8H,2,4H2,1H3;2*1H;/q2*-1;;;+4/p-2/b2*6-3+;;;. The third-order valence-corrected chi connectivity index (χ3v) is 2.54. The summed E-state index contributed by atoms with van der Waals surface area (Å²) in [6.07, 6.45) is 27.5. The summed E-state index contributed by atoms with van der Waals surface area (Å²) in [7, 11) is 0. The first-order valence-electron chi connectivity index (χ1n) is 6.73. The molecule has 2 aliphatic carbocycles. The number of allylic oxidation sites excluding steroid dienone is 12. The molecule has 0 aromatic heterocycles. The summed E-state index contributed by atoms with van der Waals surface area (Å²) in [6, 6.07) is 0. The Bertz CT molecular complexity index is 373. The fourth-order valence-corrected chi connectivity index (χ4v) is 1.57. The van der Waals surface area contributed by atoms with Crippen LogP contribution in [0.4, 0.5) is 0 Å². The van der Waals surface area contributed by atoms with Crippen molar-refractivity contribution in [1.82, 2.24) is 0 Å². The Kier molecular flexibility index (Phi) is 22.1. The van der Waals surface area contributed by atoms with Crippen LogP contribution in [-0.4, -0.2) is 0 Å². The molecule has 0 radical (unpaired) electrons. The van der Waals surface area contributed by atoms with E-state index in [1.54, 1.807) is 0 Å². The van der Waals surface area contributed by atoms with Crippen molar-refractivity contribution in [1.29, 1.82) is 0 Å². The first kappa shape index (κ1) is 25.8. The van der Waals surface area contributed by atoms with Crippen LogP contribution in [0.1, 0.15) is 39.5 Å². The van der Waals surface area contributed by atoms with E-state index < -0.39 is 0 Å². The van der Waals surface area contributed by atoms with Crippen molar-refractivity contribution in [3.8, 4) is 0 Å². The molecule has 0 saturated heterocycles. The van der Waals surface area contributed by atoms with Crippen LogP contribution in [0.15, 0.2) is 59.8 Å². The fourth-order valence-electron chi connectivity index (χ4n) is 1.57. The van der Waals surface area contributed by atoms with Crippen molar-refractivity contribution < 1.29 is 51.0 Å². The van der Waals surface area contributed by atoms with Gasteiger partial charge < -0.3 is 24.8 Å². The van der Waals surface area contributed by atoms with Crippen molar-refractivity contribution in [3.05, 3.63) is 71.9 Å². The Morgan fingerprint density at radius 2 is 1.24 bits per heavy atom. The van der Waals surface area contributed by atoms with Gasteiger partial charge in [-0.25, -0.2) is 12.2 Å². The first-order valence-corrected chi connectivity index (χ1v) is 6.73. The monoisotopic (exact) mass is 398 g/mol. The molecule has 0 heterocycles. The Labute approximate surface area is 161 Å². The predicted molar refractivity (Wildman–Crippen MR) is 79.9 cm³/mol. The summed E-state index contributed by atoms with van der Waals surface area (Å²) in [6.45, 7) is 4.28. The maximum Gasteiger partial charge on any atom is 4.00 e. The van der Waals surface area contributed by atoms with Gasteiger partial charge in [-0.05, 0) is 12.8 Å². The summed E-state index contributed by atoms with van der Waals surface area (Å²) in [4.78, 5) is 0. The minimum absolute atomic E-state index is 0. The van der Waals surface area contributed by atoms with Crippen LogP contribution >= 0.6 is 0 Å². The van der Waals surface area contributed by atoms with Gasteiger partial charge in [0.2, 0.25) is 0 Å². The van der Waals surface area contributed by atoms with Crippen LogP contribution < -0.4 is 24.8 Å². The molecular formula is C18H22Cl2Zr. The quantitative estimate of drug-likeness (QED) is 0.547. The Balaban J connectivity index is -0.000000270. The summed E-state index contributed by atoms with van der Waals surface area (Å²) >= 11 is 0. The van der Waals surface area contributed by atoms with Gasteiger partial charge in [0.15, 0.2) is 0 Å². The van der Waals surface area contributed by atoms with Crippen LogP contribution in [0.5, 0.6) is 0 Å². The Morgan fingerprint density at radius 3 is 1.48 bits per heavy atom. The molecular weight excluding hydrogens is 378 g/mol. The predicted octanol–water partition coefficient (Wildman–Crippen LogP) is -0.710. The third kappa shape index (κ3) is 13.3. The molecule has 0 aromatic rings. The Morgan fingerprint density at radius 1 is 0.857 bits per heavy atom. The molecule has 0 aliphatic heterocycles. The molecule has 2 rings (SSSR count). The topological polar surface area (TPSA) is 0 Å². The second kappa shape index (κ2) is 18.0. The second-order valence-electron chi connectivity index (χ2n) is 4.13. The smallest absolute Gasteiger partial charge is 1.00 e. The van der Waals surface area contributed by atoms with E-state index in [0.717, 1.165) is 25.7 Å². The molecule has 2 aliphatic rings. The SMILES string of the molecule is CC/C=C/C1=CC[C-]=C1.CC/C=C/C1=CC[C-]=C1.[Cl-].[Cl-].[Zr+4]. The molecule has 0 fully saturated rings. The third-order valence-electron chi connectivity index (χ3n) is 2.54. The van der Waals surface area contributed by atoms with Crippen LogP contribution in [0.2, 0.25) is 0 Å². The van der Waals surface area contributed by atoms with E-state index in [-0.39, 0.29) is 51.0 Å². The summed E-state index contributed by atoms with van der Waals surface area (Å²) in [5, 5.41) is 0.